The lowest BCUT2D eigenvalue weighted by Crippen LogP contribution is -2.30. The standard InChI is InChI=1S/C14H22N4O2/c1-11-3-7-15-14(13(11)18(19)20)16-8-4-12-5-9-17(2)10-6-12/h3,7,12H,4-6,8-10H2,1-2H3,(H,15,16). The van der Waals surface area contributed by atoms with Gasteiger partial charge in [0.25, 0.3) is 0 Å². The van der Waals surface area contributed by atoms with Crippen LogP contribution in [-0.4, -0.2) is 41.5 Å². The summed E-state index contributed by atoms with van der Waals surface area (Å²) < 4.78 is 0. The SMILES string of the molecule is Cc1ccnc(NCCC2CCN(C)CC2)c1[N+](=O)[O-]. The Bertz CT molecular complexity index is 470. The van der Waals surface area contributed by atoms with E-state index in [-0.39, 0.29) is 10.6 Å². The lowest BCUT2D eigenvalue weighted by Gasteiger charge is -2.28. The Morgan fingerprint density at radius 1 is 1.50 bits per heavy atom. The summed E-state index contributed by atoms with van der Waals surface area (Å²) in [7, 11) is 2.15. The van der Waals surface area contributed by atoms with Crippen molar-refractivity contribution in [1.29, 1.82) is 0 Å². The Labute approximate surface area is 119 Å². The van der Waals surface area contributed by atoms with Crippen molar-refractivity contribution in [1.82, 2.24) is 9.88 Å². The first kappa shape index (κ1) is 14.7. The van der Waals surface area contributed by atoms with Gasteiger partial charge in [-0.3, -0.25) is 10.1 Å². The summed E-state index contributed by atoms with van der Waals surface area (Å²) in [6.45, 7) is 4.77. The number of aromatic nitrogens is 1. The average Bonchev–Trinajstić information content (AvgIpc) is 2.40. The van der Waals surface area contributed by atoms with E-state index in [1.165, 1.54) is 12.8 Å². The van der Waals surface area contributed by atoms with E-state index in [0.717, 1.165) is 26.1 Å². The van der Waals surface area contributed by atoms with Crippen LogP contribution in [-0.2, 0) is 0 Å². The van der Waals surface area contributed by atoms with Gasteiger partial charge in [0, 0.05) is 18.3 Å². The van der Waals surface area contributed by atoms with Gasteiger partial charge in [0.2, 0.25) is 5.82 Å². The van der Waals surface area contributed by atoms with Gasteiger partial charge < -0.3 is 10.2 Å². The van der Waals surface area contributed by atoms with Crippen LogP contribution in [0.25, 0.3) is 0 Å². The number of piperidine rings is 1. The van der Waals surface area contributed by atoms with Gasteiger partial charge in [0.1, 0.15) is 0 Å². The number of hydrogen-bond acceptors (Lipinski definition) is 5. The fourth-order valence-corrected chi connectivity index (χ4v) is 2.66. The van der Waals surface area contributed by atoms with Gasteiger partial charge >= 0.3 is 5.69 Å². The fraction of sp³-hybridized carbons (Fsp3) is 0.643. The van der Waals surface area contributed by atoms with Crippen molar-refractivity contribution < 1.29 is 4.92 Å². The molecule has 1 aromatic rings. The number of rotatable bonds is 5. The Balaban J connectivity index is 1.88. The molecule has 1 aliphatic rings. The molecule has 0 amide bonds. The zero-order chi connectivity index (χ0) is 14.5. The van der Waals surface area contributed by atoms with Crippen molar-refractivity contribution >= 4 is 11.5 Å². The highest BCUT2D eigenvalue weighted by Crippen LogP contribution is 2.26. The molecule has 0 radical (unpaired) electrons. The molecular formula is C14H22N4O2. The van der Waals surface area contributed by atoms with Gasteiger partial charge in [-0.25, -0.2) is 4.98 Å². The molecule has 1 fully saturated rings. The molecule has 0 bridgehead atoms. The van der Waals surface area contributed by atoms with Crippen molar-refractivity contribution in [2.45, 2.75) is 26.2 Å². The molecule has 0 unspecified atom stereocenters. The zero-order valence-corrected chi connectivity index (χ0v) is 12.1. The third-order valence-electron chi connectivity index (χ3n) is 3.99. The summed E-state index contributed by atoms with van der Waals surface area (Å²) in [5.41, 5.74) is 0.739. The van der Waals surface area contributed by atoms with E-state index in [9.17, 15) is 10.1 Å². The van der Waals surface area contributed by atoms with E-state index in [2.05, 4.69) is 22.2 Å². The van der Waals surface area contributed by atoms with Crippen molar-refractivity contribution in [3.05, 3.63) is 27.9 Å². The van der Waals surface area contributed by atoms with Crippen LogP contribution in [0.4, 0.5) is 11.5 Å². The third-order valence-corrected chi connectivity index (χ3v) is 3.99. The van der Waals surface area contributed by atoms with E-state index in [4.69, 9.17) is 0 Å². The molecule has 20 heavy (non-hydrogen) atoms. The van der Waals surface area contributed by atoms with Crippen LogP contribution in [0.15, 0.2) is 12.3 Å². The number of nitrogens with one attached hydrogen (secondary N) is 1. The highest BCUT2D eigenvalue weighted by Gasteiger charge is 2.19. The molecule has 0 atom stereocenters. The van der Waals surface area contributed by atoms with Crippen LogP contribution in [0.2, 0.25) is 0 Å². The molecule has 6 heteroatoms. The number of hydrogen-bond donors (Lipinski definition) is 1. The van der Waals surface area contributed by atoms with Crippen LogP contribution in [0.3, 0.4) is 0 Å². The van der Waals surface area contributed by atoms with Gasteiger partial charge in [-0.15, -0.1) is 0 Å². The molecule has 0 aliphatic carbocycles. The van der Waals surface area contributed by atoms with Gasteiger partial charge in [0.05, 0.1) is 4.92 Å². The molecular weight excluding hydrogens is 256 g/mol. The van der Waals surface area contributed by atoms with Crippen LogP contribution in [0, 0.1) is 23.0 Å². The molecule has 2 rings (SSSR count). The van der Waals surface area contributed by atoms with Gasteiger partial charge in [0.15, 0.2) is 0 Å². The molecule has 0 aromatic carbocycles. The largest absolute Gasteiger partial charge is 0.364 e. The number of pyridine rings is 1. The summed E-state index contributed by atoms with van der Waals surface area (Å²) in [4.78, 5) is 17.1. The number of nitrogens with zero attached hydrogens (tertiary/aromatic N) is 3. The van der Waals surface area contributed by atoms with Crippen LogP contribution < -0.4 is 5.32 Å². The van der Waals surface area contributed by atoms with E-state index in [1.807, 2.05) is 0 Å². The first-order chi connectivity index (χ1) is 9.58. The van der Waals surface area contributed by atoms with E-state index < -0.39 is 0 Å². The molecule has 110 valence electrons. The third kappa shape index (κ3) is 3.66. The summed E-state index contributed by atoms with van der Waals surface area (Å²) in [6.07, 6.45) is 5.07. The van der Waals surface area contributed by atoms with E-state index in [0.29, 0.717) is 17.3 Å². The summed E-state index contributed by atoms with van der Waals surface area (Å²) >= 11 is 0. The van der Waals surface area contributed by atoms with Crippen LogP contribution >= 0.6 is 0 Å². The molecule has 1 N–H and O–H groups in total. The Kier molecular flexibility index (Phi) is 4.89. The van der Waals surface area contributed by atoms with Crippen molar-refractivity contribution in [3.8, 4) is 0 Å². The second-order valence-corrected chi connectivity index (χ2v) is 5.54. The predicted octanol–water partition coefficient (Wildman–Crippen LogP) is 2.44. The van der Waals surface area contributed by atoms with Gasteiger partial charge in [-0.1, -0.05) is 0 Å². The molecule has 1 aliphatic heterocycles. The Morgan fingerprint density at radius 3 is 2.85 bits per heavy atom. The number of likely N-dealkylation sites (tertiary alicyclic amines) is 1. The van der Waals surface area contributed by atoms with Crippen LogP contribution in [0.5, 0.6) is 0 Å². The number of nitro groups is 1. The second kappa shape index (κ2) is 6.65. The van der Waals surface area contributed by atoms with E-state index in [1.54, 1.807) is 19.2 Å². The summed E-state index contributed by atoms with van der Waals surface area (Å²) in [6, 6.07) is 1.67. The van der Waals surface area contributed by atoms with Crippen LogP contribution in [0.1, 0.15) is 24.8 Å². The Hall–Kier alpha value is -1.69. The molecule has 0 saturated carbocycles. The minimum absolute atomic E-state index is 0.0934. The normalized spacial score (nSPS) is 17.1. The monoisotopic (exact) mass is 278 g/mol. The van der Waals surface area contributed by atoms with Gasteiger partial charge in [-0.2, -0.15) is 0 Å². The molecule has 0 spiro atoms. The summed E-state index contributed by atoms with van der Waals surface area (Å²) in [5, 5.41) is 14.2. The molecule has 1 aromatic heterocycles. The first-order valence-electron chi connectivity index (χ1n) is 7.10. The Morgan fingerprint density at radius 2 is 2.20 bits per heavy atom. The lowest BCUT2D eigenvalue weighted by molar-refractivity contribution is -0.384. The topological polar surface area (TPSA) is 71.3 Å². The lowest BCUT2D eigenvalue weighted by atomic mass is 9.94. The minimum Gasteiger partial charge on any atom is -0.364 e. The fourth-order valence-electron chi connectivity index (χ4n) is 2.66. The average molecular weight is 278 g/mol. The van der Waals surface area contributed by atoms with Crippen molar-refractivity contribution in [2.75, 3.05) is 32.0 Å². The number of aryl methyl sites for hydroxylation is 1. The highest BCUT2D eigenvalue weighted by molar-refractivity contribution is 5.59. The zero-order valence-electron chi connectivity index (χ0n) is 12.1. The second-order valence-electron chi connectivity index (χ2n) is 5.54. The number of anilines is 1. The van der Waals surface area contributed by atoms with E-state index >= 15 is 0 Å². The quantitative estimate of drug-likeness (QED) is 0.661. The van der Waals surface area contributed by atoms with Crippen molar-refractivity contribution in [2.24, 2.45) is 5.92 Å². The molecule has 2 heterocycles. The molecule has 1 saturated heterocycles. The minimum atomic E-state index is -0.361. The molecule has 6 nitrogen and oxygen atoms in total. The smallest absolute Gasteiger partial charge is 0.314 e. The first-order valence-corrected chi connectivity index (χ1v) is 7.10. The van der Waals surface area contributed by atoms with Crippen molar-refractivity contribution in [3.63, 3.8) is 0 Å². The summed E-state index contributed by atoms with van der Waals surface area (Å²) in [5.74, 6) is 1.10. The maximum absolute atomic E-state index is 11.1. The highest BCUT2D eigenvalue weighted by atomic mass is 16.6. The maximum Gasteiger partial charge on any atom is 0.314 e. The van der Waals surface area contributed by atoms with Gasteiger partial charge in [-0.05, 0) is 58.3 Å². The predicted molar refractivity (Wildman–Crippen MR) is 79.0 cm³/mol. The maximum atomic E-state index is 11.1.